The lowest BCUT2D eigenvalue weighted by molar-refractivity contribution is -0.0533. The van der Waals surface area contributed by atoms with Crippen molar-refractivity contribution in [2.75, 3.05) is 13.2 Å². The molecule has 0 radical (unpaired) electrons. The summed E-state index contributed by atoms with van der Waals surface area (Å²) >= 11 is 0. The van der Waals surface area contributed by atoms with Crippen LogP contribution in [0.5, 0.6) is 0 Å². The summed E-state index contributed by atoms with van der Waals surface area (Å²) in [6.45, 7) is 8.55. The predicted octanol–water partition coefficient (Wildman–Crippen LogP) is 7.21. The van der Waals surface area contributed by atoms with Crippen molar-refractivity contribution in [3.63, 3.8) is 0 Å². The summed E-state index contributed by atoms with van der Waals surface area (Å²) < 4.78 is 6.12. The van der Waals surface area contributed by atoms with Gasteiger partial charge in [0.15, 0.2) is 0 Å². The highest BCUT2D eigenvalue weighted by Gasteiger charge is 2.39. The van der Waals surface area contributed by atoms with Crippen LogP contribution in [-0.2, 0) is 16.9 Å². The topological polar surface area (TPSA) is 21.3 Å². The lowest BCUT2D eigenvalue weighted by atomic mass is 9.78. The number of rotatable bonds is 11. The van der Waals surface area contributed by atoms with Gasteiger partial charge in [0.2, 0.25) is 0 Å². The van der Waals surface area contributed by atoms with E-state index in [2.05, 4.69) is 50.4 Å². The fourth-order valence-electron chi connectivity index (χ4n) is 5.56. The zero-order valence-electron chi connectivity index (χ0n) is 19.3. The van der Waals surface area contributed by atoms with Crippen LogP contribution in [0.1, 0.15) is 103 Å². The second-order valence-electron chi connectivity index (χ2n) is 9.99. The molecule has 0 bridgehead atoms. The monoisotopic (exact) mass is 399 g/mol. The summed E-state index contributed by atoms with van der Waals surface area (Å²) in [4.78, 5) is 0. The zero-order valence-corrected chi connectivity index (χ0v) is 19.3. The van der Waals surface area contributed by atoms with Crippen LogP contribution in [0.3, 0.4) is 0 Å². The van der Waals surface area contributed by atoms with Gasteiger partial charge in [-0.2, -0.15) is 0 Å². The molecular weight excluding hydrogens is 354 g/mol. The van der Waals surface area contributed by atoms with E-state index in [0.717, 1.165) is 25.0 Å². The molecular formula is C27H45NO. The third kappa shape index (κ3) is 6.31. The van der Waals surface area contributed by atoms with Gasteiger partial charge in [0, 0.05) is 12.5 Å². The molecule has 1 saturated heterocycles. The summed E-state index contributed by atoms with van der Waals surface area (Å²) in [7, 11) is 0. The molecule has 0 aromatic heterocycles. The van der Waals surface area contributed by atoms with Crippen molar-refractivity contribution in [3.05, 3.63) is 35.4 Å². The van der Waals surface area contributed by atoms with Gasteiger partial charge >= 0.3 is 0 Å². The van der Waals surface area contributed by atoms with Crippen molar-refractivity contribution in [1.29, 1.82) is 0 Å². The number of aryl methyl sites for hydroxylation is 1. The molecule has 1 atom stereocenters. The van der Waals surface area contributed by atoms with Crippen molar-refractivity contribution in [2.24, 2.45) is 17.8 Å². The Morgan fingerprint density at radius 3 is 2.07 bits per heavy atom. The molecule has 0 spiro atoms. The minimum absolute atomic E-state index is 0.284. The minimum Gasteiger partial charge on any atom is -0.355 e. The van der Waals surface area contributed by atoms with Crippen LogP contribution in [-0.4, -0.2) is 13.2 Å². The molecule has 1 unspecified atom stereocenters. The Morgan fingerprint density at radius 1 is 0.931 bits per heavy atom. The highest BCUT2D eigenvalue weighted by molar-refractivity contribution is 5.28. The number of nitrogens with one attached hydrogen (secondary N) is 1. The van der Waals surface area contributed by atoms with Gasteiger partial charge in [0.05, 0.1) is 6.61 Å². The third-order valence-electron chi connectivity index (χ3n) is 7.53. The Labute approximate surface area is 180 Å². The van der Waals surface area contributed by atoms with Gasteiger partial charge in [-0.3, -0.25) is 5.32 Å². The molecule has 1 aromatic carbocycles. The molecule has 2 aliphatic rings. The van der Waals surface area contributed by atoms with Gasteiger partial charge < -0.3 is 4.74 Å². The van der Waals surface area contributed by atoms with Crippen LogP contribution in [0.15, 0.2) is 24.3 Å². The van der Waals surface area contributed by atoms with E-state index in [9.17, 15) is 0 Å². The largest absolute Gasteiger partial charge is 0.355 e. The number of hydrogen-bond acceptors (Lipinski definition) is 2. The maximum absolute atomic E-state index is 6.12. The molecule has 164 valence electrons. The maximum atomic E-state index is 6.12. The van der Waals surface area contributed by atoms with Gasteiger partial charge in [-0.25, -0.2) is 0 Å². The molecule has 29 heavy (non-hydrogen) atoms. The third-order valence-corrected chi connectivity index (χ3v) is 7.53. The lowest BCUT2D eigenvalue weighted by Gasteiger charge is -2.33. The Kier molecular flexibility index (Phi) is 9.06. The Morgan fingerprint density at radius 2 is 1.55 bits per heavy atom. The first-order valence-corrected chi connectivity index (χ1v) is 12.6. The molecule has 1 aliphatic heterocycles. The first-order chi connectivity index (χ1) is 14.1. The highest BCUT2D eigenvalue weighted by atomic mass is 16.5. The average Bonchev–Trinajstić information content (AvgIpc) is 3.24. The number of hydrogen-bond donors (Lipinski definition) is 1. The van der Waals surface area contributed by atoms with Crippen molar-refractivity contribution >= 4 is 0 Å². The Balaban J connectivity index is 1.34. The number of unbranched alkanes of at least 4 members (excludes halogenated alkanes) is 3. The van der Waals surface area contributed by atoms with Crippen LogP contribution >= 0.6 is 0 Å². The van der Waals surface area contributed by atoms with Gasteiger partial charge in [-0.15, -0.1) is 0 Å². The van der Waals surface area contributed by atoms with Crippen molar-refractivity contribution < 1.29 is 4.74 Å². The van der Waals surface area contributed by atoms with E-state index in [1.807, 2.05) is 0 Å². The minimum atomic E-state index is -0.284. The molecule has 1 aliphatic carbocycles. The molecule has 1 N–H and O–H groups in total. The first-order valence-electron chi connectivity index (χ1n) is 12.6. The normalized spacial score (nSPS) is 27.6. The molecule has 2 nitrogen and oxygen atoms in total. The van der Waals surface area contributed by atoms with Crippen molar-refractivity contribution in [2.45, 2.75) is 104 Å². The lowest BCUT2D eigenvalue weighted by Crippen LogP contribution is -2.43. The van der Waals surface area contributed by atoms with Gasteiger partial charge in [-0.1, -0.05) is 109 Å². The second kappa shape index (κ2) is 11.5. The SMILES string of the molecule is CCCCCC1CCC(CCCCc2ccc(C3(C(C)C)NCCO3)cc2)CC1. The molecule has 0 amide bonds. The fraction of sp³-hybridized carbons (Fsp3) is 0.778. The van der Waals surface area contributed by atoms with Crippen LogP contribution < -0.4 is 5.32 Å². The Bertz CT molecular complexity index is 565. The van der Waals surface area contributed by atoms with Crippen molar-refractivity contribution in [1.82, 2.24) is 5.32 Å². The Hall–Kier alpha value is -0.860. The highest BCUT2D eigenvalue weighted by Crippen LogP contribution is 2.35. The quantitative estimate of drug-likeness (QED) is 0.397. The van der Waals surface area contributed by atoms with Crippen LogP contribution in [0, 0.1) is 17.8 Å². The van der Waals surface area contributed by atoms with Crippen LogP contribution in [0.2, 0.25) is 0 Å². The molecule has 1 aromatic rings. The average molecular weight is 400 g/mol. The van der Waals surface area contributed by atoms with E-state index in [0.29, 0.717) is 5.92 Å². The number of benzene rings is 1. The summed E-state index contributed by atoms with van der Waals surface area (Å²) in [6, 6.07) is 9.22. The molecule has 2 fully saturated rings. The summed E-state index contributed by atoms with van der Waals surface area (Å²) in [5.74, 6) is 2.48. The molecule has 1 saturated carbocycles. The van der Waals surface area contributed by atoms with Crippen molar-refractivity contribution in [3.8, 4) is 0 Å². The van der Waals surface area contributed by atoms with E-state index in [1.165, 1.54) is 88.2 Å². The summed E-state index contributed by atoms with van der Waals surface area (Å²) in [5, 5.41) is 3.59. The summed E-state index contributed by atoms with van der Waals surface area (Å²) in [6.07, 6.45) is 17.2. The molecule has 1 heterocycles. The first kappa shape index (κ1) is 22.8. The predicted molar refractivity (Wildman–Crippen MR) is 124 cm³/mol. The van der Waals surface area contributed by atoms with E-state index in [-0.39, 0.29) is 5.72 Å². The fourth-order valence-corrected chi connectivity index (χ4v) is 5.56. The zero-order chi connectivity index (χ0) is 20.5. The van der Waals surface area contributed by atoms with Gasteiger partial charge in [0.1, 0.15) is 5.72 Å². The van der Waals surface area contributed by atoms with E-state index < -0.39 is 0 Å². The second-order valence-corrected chi connectivity index (χ2v) is 9.99. The maximum Gasteiger partial charge on any atom is 0.147 e. The smallest absolute Gasteiger partial charge is 0.147 e. The van der Waals surface area contributed by atoms with Gasteiger partial charge in [-0.05, 0) is 35.8 Å². The van der Waals surface area contributed by atoms with Gasteiger partial charge in [0.25, 0.3) is 0 Å². The van der Waals surface area contributed by atoms with E-state index >= 15 is 0 Å². The van der Waals surface area contributed by atoms with Crippen LogP contribution in [0.4, 0.5) is 0 Å². The number of ether oxygens (including phenoxy) is 1. The molecule has 2 heteroatoms. The van der Waals surface area contributed by atoms with E-state index in [4.69, 9.17) is 4.74 Å². The van der Waals surface area contributed by atoms with E-state index in [1.54, 1.807) is 0 Å². The standard InChI is InChI=1S/C27H45NO/c1-4-5-6-9-23-12-14-24(15-13-23)10-7-8-11-25-16-18-26(19-17-25)27(22(2)3)28-20-21-29-27/h16-19,22-24,28H,4-15,20-21H2,1-3H3. The molecule has 3 rings (SSSR count). The van der Waals surface area contributed by atoms with Crippen LogP contribution in [0.25, 0.3) is 0 Å². The summed E-state index contributed by atoms with van der Waals surface area (Å²) in [5.41, 5.74) is 2.48.